The van der Waals surface area contributed by atoms with E-state index < -0.39 is 0 Å². The zero-order valence-electron chi connectivity index (χ0n) is 12.2. The highest BCUT2D eigenvalue weighted by atomic mass is 35.5. The van der Waals surface area contributed by atoms with Gasteiger partial charge >= 0.3 is 0 Å². The van der Waals surface area contributed by atoms with Crippen molar-refractivity contribution in [1.29, 1.82) is 0 Å². The summed E-state index contributed by atoms with van der Waals surface area (Å²) in [4.78, 5) is 4.89. The zero-order chi connectivity index (χ0) is 14.5. The maximum Gasteiger partial charge on any atom is 0.0595 e. The fraction of sp³-hybridized carbons (Fsp3) is 0.600. The molecule has 1 fully saturated rings. The molecule has 0 amide bonds. The van der Waals surface area contributed by atoms with Gasteiger partial charge in [0, 0.05) is 45.3 Å². The number of rotatable bonds is 5. The Morgan fingerprint density at radius 3 is 2.50 bits per heavy atom. The van der Waals surface area contributed by atoms with Crippen molar-refractivity contribution in [2.24, 2.45) is 0 Å². The first-order valence-electron chi connectivity index (χ1n) is 7.15. The predicted molar refractivity (Wildman–Crippen MR) is 86.8 cm³/mol. The van der Waals surface area contributed by atoms with E-state index in [-0.39, 0.29) is 6.04 Å². The van der Waals surface area contributed by atoms with Crippen molar-refractivity contribution in [3.8, 4) is 0 Å². The van der Waals surface area contributed by atoms with Crippen molar-refractivity contribution in [2.75, 3.05) is 46.3 Å². The normalized spacial score (nSPS) is 19.2. The Morgan fingerprint density at radius 2 is 1.85 bits per heavy atom. The largest absolute Gasteiger partial charge is 0.309 e. The van der Waals surface area contributed by atoms with Crippen LogP contribution in [0.1, 0.15) is 18.5 Å². The average molecular weight is 316 g/mol. The number of benzene rings is 1. The number of nitrogens with zero attached hydrogens (tertiary/aromatic N) is 2. The van der Waals surface area contributed by atoms with Gasteiger partial charge in [0.2, 0.25) is 0 Å². The lowest BCUT2D eigenvalue weighted by molar-refractivity contribution is 0.154. The highest BCUT2D eigenvalue weighted by Crippen LogP contribution is 2.25. The zero-order valence-corrected chi connectivity index (χ0v) is 13.7. The predicted octanol–water partition coefficient (Wildman–Crippen LogP) is 2.89. The first-order valence-corrected chi connectivity index (χ1v) is 7.91. The molecule has 20 heavy (non-hydrogen) atoms. The van der Waals surface area contributed by atoms with Crippen molar-refractivity contribution in [1.82, 2.24) is 15.1 Å². The summed E-state index contributed by atoms with van der Waals surface area (Å²) < 4.78 is 0. The van der Waals surface area contributed by atoms with Crippen LogP contribution >= 0.6 is 23.2 Å². The highest BCUT2D eigenvalue weighted by Gasteiger charge is 2.13. The van der Waals surface area contributed by atoms with E-state index in [0.717, 1.165) is 13.1 Å². The third-order valence-corrected chi connectivity index (χ3v) is 4.66. The van der Waals surface area contributed by atoms with Gasteiger partial charge in [-0.05, 0) is 31.7 Å². The third kappa shape index (κ3) is 4.61. The van der Waals surface area contributed by atoms with Crippen LogP contribution in [0.15, 0.2) is 18.2 Å². The minimum atomic E-state index is 0.289. The van der Waals surface area contributed by atoms with Gasteiger partial charge in [0.25, 0.3) is 0 Å². The van der Waals surface area contributed by atoms with Crippen LogP contribution in [-0.2, 0) is 0 Å². The van der Waals surface area contributed by atoms with E-state index in [1.807, 2.05) is 18.2 Å². The van der Waals surface area contributed by atoms with E-state index in [4.69, 9.17) is 23.2 Å². The summed E-state index contributed by atoms with van der Waals surface area (Å²) in [5, 5.41) is 4.78. The fourth-order valence-corrected chi connectivity index (χ4v) is 2.72. The van der Waals surface area contributed by atoms with E-state index in [9.17, 15) is 0 Å². The molecule has 0 radical (unpaired) electrons. The maximum absolute atomic E-state index is 6.05. The topological polar surface area (TPSA) is 18.5 Å². The molecule has 1 saturated heterocycles. The second-order valence-corrected chi connectivity index (χ2v) is 6.31. The molecule has 1 aromatic rings. The van der Waals surface area contributed by atoms with E-state index in [0.29, 0.717) is 10.0 Å². The highest BCUT2D eigenvalue weighted by molar-refractivity contribution is 6.42. The van der Waals surface area contributed by atoms with Gasteiger partial charge in [-0.3, -0.25) is 4.90 Å². The minimum absolute atomic E-state index is 0.289. The van der Waals surface area contributed by atoms with Gasteiger partial charge in [-0.25, -0.2) is 0 Å². The first-order chi connectivity index (χ1) is 9.56. The first kappa shape index (κ1) is 16.1. The van der Waals surface area contributed by atoms with E-state index in [1.165, 1.54) is 31.7 Å². The standard InChI is InChI=1S/C15H23Cl2N3/c1-12(13-3-4-14(16)15(17)11-13)18-5-6-20-9-7-19(2)8-10-20/h3-4,11-12,18H,5-10H2,1-2H3. The van der Waals surface area contributed by atoms with Gasteiger partial charge in [-0.1, -0.05) is 29.3 Å². The van der Waals surface area contributed by atoms with E-state index in [1.54, 1.807) is 0 Å². The number of piperazine rings is 1. The Bertz CT molecular complexity index is 431. The monoisotopic (exact) mass is 315 g/mol. The molecule has 1 aliphatic heterocycles. The molecule has 1 aliphatic rings. The van der Waals surface area contributed by atoms with Crippen LogP contribution in [0.3, 0.4) is 0 Å². The second kappa shape index (κ2) is 7.62. The third-order valence-electron chi connectivity index (χ3n) is 3.92. The number of halogens is 2. The molecule has 3 nitrogen and oxygen atoms in total. The number of likely N-dealkylation sites (N-methyl/N-ethyl adjacent to an activating group) is 1. The summed E-state index contributed by atoms with van der Waals surface area (Å²) in [5.74, 6) is 0. The van der Waals surface area contributed by atoms with Gasteiger partial charge in [0.05, 0.1) is 10.0 Å². The van der Waals surface area contributed by atoms with Crippen molar-refractivity contribution in [3.63, 3.8) is 0 Å². The lowest BCUT2D eigenvalue weighted by Crippen LogP contribution is -2.46. The SMILES string of the molecule is CC(NCCN1CCN(C)CC1)c1ccc(Cl)c(Cl)c1. The molecule has 0 saturated carbocycles. The quantitative estimate of drug-likeness (QED) is 0.901. The molecule has 112 valence electrons. The maximum atomic E-state index is 6.05. The molecule has 1 heterocycles. The molecule has 1 aromatic carbocycles. The Labute approximate surface area is 131 Å². The van der Waals surface area contributed by atoms with Gasteiger partial charge in [-0.2, -0.15) is 0 Å². The van der Waals surface area contributed by atoms with Crippen LogP contribution in [0.4, 0.5) is 0 Å². The molecule has 0 aliphatic carbocycles. The van der Waals surface area contributed by atoms with Crippen molar-refractivity contribution >= 4 is 23.2 Å². The Kier molecular flexibility index (Phi) is 6.12. The van der Waals surface area contributed by atoms with Crippen LogP contribution in [0.2, 0.25) is 10.0 Å². The Hall–Kier alpha value is -0.320. The number of nitrogens with one attached hydrogen (secondary N) is 1. The van der Waals surface area contributed by atoms with Crippen LogP contribution in [-0.4, -0.2) is 56.1 Å². The molecule has 1 unspecified atom stereocenters. The summed E-state index contributed by atoms with van der Waals surface area (Å²) in [5.41, 5.74) is 1.18. The van der Waals surface area contributed by atoms with E-state index in [2.05, 4.69) is 29.1 Å². The second-order valence-electron chi connectivity index (χ2n) is 5.49. The van der Waals surface area contributed by atoms with Gasteiger partial charge in [0.1, 0.15) is 0 Å². The lowest BCUT2D eigenvalue weighted by atomic mass is 10.1. The fourth-order valence-electron chi connectivity index (χ4n) is 2.41. The molecule has 5 heteroatoms. The van der Waals surface area contributed by atoms with E-state index >= 15 is 0 Å². The molecule has 0 spiro atoms. The average Bonchev–Trinajstić information content (AvgIpc) is 2.44. The molecular formula is C15H23Cl2N3. The summed E-state index contributed by atoms with van der Waals surface area (Å²) in [6.07, 6.45) is 0. The smallest absolute Gasteiger partial charge is 0.0595 e. The molecular weight excluding hydrogens is 293 g/mol. The lowest BCUT2D eigenvalue weighted by Gasteiger charge is -2.32. The van der Waals surface area contributed by atoms with Crippen LogP contribution < -0.4 is 5.32 Å². The number of hydrogen-bond donors (Lipinski definition) is 1. The molecule has 0 aromatic heterocycles. The van der Waals surface area contributed by atoms with Crippen LogP contribution in [0.25, 0.3) is 0 Å². The molecule has 1 N–H and O–H groups in total. The summed E-state index contributed by atoms with van der Waals surface area (Å²) in [7, 11) is 2.18. The molecule has 2 rings (SSSR count). The van der Waals surface area contributed by atoms with Crippen molar-refractivity contribution in [2.45, 2.75) is 13.0 Å². The van der Waals surface area contributed by atoms with Crippen LogP contribution in [0.5, 0.6) is 0 Å². The van der Waals surface area contributed by atoms with Gasteiger partial charge in [-0.15, -0.1) is 0 Å². The van der Waals surface area contributed by atoms with Crippen molar-refractivity contribution in [3.05, 3.63) is 33.8 Å². The summed E-state index contributed by atoms with van der Waals surface area (Å²) >= 11 is 12.0. The number of hydrogen-bond acceptors (Lipinski definition) is 3. The van der Waals surface area contributed by atoms with Crippen LogP contribution in [0, 0.1) is 0 Å². The molecule has 0 bridgehead atoms. The van der Waals surface area contributed by atoms with Gasteiger partial charge < -0.3 is 10.2 Å². The molecule has 1 atom stereocenters. The summed E-state index contributed by atoms with van der Waals surface area (Å²) in [6, 6.07) is 6.12. The van der Waals surface area contributed by atoms with Gasteiger partial charge in [0.15, 0.2) is 0 Å². The Morgan fingerprint density at radius 1 is 1.15 bits per heavy atom. The Balaban J connectivity index is 1.74. The van der Waals surface area contributed by atoms with Crippen molar-refractivity contribution < 1.29 is 0 Å². The summed E-state index contributed by atoms with van der Waals surface area (Å²) in [6.45, 7) is 8.91. The minimum Gasteiger partial charge on any atom is -0.309 e.